The van der Waals surface area contributed by atoms with Gasteiger partial charge in [0.2, 0.25) is 35.1 Å². The Labute approximate surface area is 645 Å². The third-order valence-electron chi connectivity index (χ3n) is 17.9. The molecule has 6 amide bonds. The maximum Gasteiger partial charge on any atom is 0.420 e. The van der Waals surface area contributed by atoms with Crippen molar-refractivity contribution in [2.24, 2.45) is 17.8 Å². The topological polar surface area (TPSA) is 277 Å². The molecule has 111 heavy (non-hydrogen) atoms. The van der Waals surface area contributed by atoms with Gasteiger partial charge in [-0.1, -0.05) is 132 Å². The van der Waals surface area contributed by atoms with E-state index in [-0.39, 0.29) is 116 Å². The molecule has 13 rings (SSSR count). The van der Waals surface area contributed by atoms with Gasteiger partial charge in [-0.15, -0.1) is 35.1 Å². The first-order chi connectivity index (χ1) is 52.6. The van der Waals surface area contributed by atoms with E-state index in [2.05, 4.69) is 68.8 Å². The summed E-state index contributed by atoms with van der Waals surface area (Å²) in [6.45, 7) is 11.1. The monoisotopic (exact) mass is 1620 g/mol. The highest BCUT2D eigenvalue weighted by Gasteiger charge is 2.53. The number of amides is 6. The predicted octanol–water partition coefficient (Wildman–Crippen LogP) is 19.8. The number of hydrogen-bond acceptors (Lipinski definition) is 20. The van der Waals surface area contributed by atoms with Crippen LogP contribution in [0.3, 0.4) is 0 Å². The summed E-state index contributed by atoms with van der Waals surface area (Å²) in [5.74, 6) is 0.189. The van der Waals surface area contributed by atoms with Crippen LogP contribution in [0.1, 0.15) is 140 Å². The SMILES string of the molecule is CC(C)CS(=O)(=O)c1ccccc1Oc1ccc(-c2noc(CN3C(=O)NC4(CCCCC4)C3=O)n2)cc1C(F)(F)F.CC(C)CSc1ccccc1Oc1ccc(-c2noc(CCl)n2)cc1C(F)(F)F.CC(C)CSc1ccccc1Oc1ccc(-c2noc(CN3C(=O)NC4(CCCCC4)C3=O)n2)cc1C(F)(F)F. The van der Waals surface area contributed by atoms with E-state index >= 15 is 0 Å². The first-order valence-electron chi connectivity index (χ1n) is 35.4. The molecular weight excluding hydrogens is 1550 g/mol. The first-order valence-corrected chi connectivity index (χ1v) is 39.5. The Kier molecular flexibility index (Phi) is 25.6. The number of sulfone groups is 1. The lowest BCUT2D eigenvalue weighted by Crippen LogP contribution is -2.48. The lowest BCUT2D eigenvalue weighted by Gasteiger charge is -2.30. The molecule has 2 spiro atoms. The zero-order valence-corrected chi connectivity index (χ0v) is 63.9. The summed E-state index contributed by atoms with van der Waals surface area (Å²) >= 11 is 8.67. The van der Waals surface area contributed by atoms with Gasteiger partial charge in [0.15, 0.2) is 9.84 Å². The highest BCUT2D eigenvalue weighted by atomic mass is 35.5. The number of rotatable bonds is 23. The van der Waals surface area contributed by atoms with Gasteiger partial charge in [-0.2, -0.15) is 54.5 Å². The number of benzene rings is 6. The van der Waals surface area contributed by atoms with Crippen molar-refractivity contribution in [2.75, 3.05) is 17.3 Å². The average molecular weight is 1620 g/mol. The molecule has 590 valence electrons. The zero-order chi connectivity index (χ0) is 79.8. The van der Waals surface area contributed by atoms with Gasteiger partial charge in [0, 0.05) is 28.2 Å². The fourth-order valence-corrected chi connectivity index (χ4v) is 16.4. The molecule has 35 heteroatoms. The summed E-state index contributed by atoms with van der Waals surface area (Å²) in [5.41, 5.74) is -4.79. The van der Waals surface area contributed by atoms with Crippen molar-refractivity contribution >= 4 is 68.8 Å². The van der Waals surface area contributed by atoms with Gasteiger partial charge in [-0.25, -0.2) is 18.0 Å². The number of imide groups is 2. The number of nitrogens with one attached hydrogen (secondary N) is 2. The van der Waals surface area contributed by atoms with Crippen LogP contribution < -0.4 is 24.8 Å². The Bertz CT molecular complexity index is 4950. The van der Waals surface area contributed by atoms with E-state index in [1.165, 1.54) is 66.4 Å². The molecular formula is C76H76ClF9N10O12S3. The van der Waals surface area contributed by atoms with Gasteiger partial charge in [-0.05, 0) is 134 Å². The molecule has 0 atom stereocenters. The molecule has 2 N–H and O–H groups in total. The van der Waals surface area contributed by atoms with Crippen LogP contribution in [0.2, 0.25) is 0 Å². The largest absolute Gasteiger partial charge is 0.456 e. The molecule has 22 nitrogen and oxygen atoms in total. The van der Waals surface area contributed by atoms with Gasteiger partial charge in [0.25, 0.3) is 11.8 Å². The second-order valence-electron chi connectivity index (χ2n) is 28.0. The summed E-state index contributed by atoms with van der Waals surface area (Å²) in [6, 6.07) is 28.7. The molecule has 4 fully saturated rings. The summed E-state index contributed by atoms with van der Waals surface area (Å²) < 4.78 is 184. The van der Waals surface area contributed by atoms with Crippen molar-refractivity contribution in [2.45, 2.75) is 169 Å². The van der Waals surface area contributed by atoms with Crippen LogP contribution in [-0.4, -0.2) is 101 Å². The number of nitrogens with zero attached hydrogens (tertiary/aromatic N) is 8. The van der Waals surface area contributed by atoms with Crippen LogP contribution >= 0.6 is 35.1 Å². The number of carbonyl (C=O) groups is 4. The number of hydrogen-bond donors (Lipinski definition) is 2. The normalized spacial score (nSPS) is 15.8. The fourth-order valence-electron chi connectivity index (χ4n) is 12.6. The molecule has 2 aliphatic heterocycles. The number of ether oxygens (including phenoxy) is 3. The number of para-hydroxylation sites is 3. The van der Waals surface area contributed by atoms with E-state index in [9.17, 15) is 67.1 Å². The molecule has 0 bridgehead atoms. The third kappa shape index (κ3) is 20.0. The van der Waals surface area contributed by atoms with Crippen molar-refractivity contribution in [3.05, 3.63) is 162 Å². The van der Waals surface area contributed by atoms with Crippen LogP contribution in [0.15, 0.2) is 156 Å². The van der Waals surface area contributed by atoms with Crippen molar-refractivity contribution in [3.8, 4) is 68.7 Å². The van der Waals surface area contributed by atoms with E-state index in [4.69, 9.17) is 39.4 Å². The second kappa shape index (κ2) is 34.5. The standard InChI is InChI=1S/C28H29F3N4O6S.C28H29F3N4O4S.C20H18ClF3N2O2S/c1-17(2)16-42(38,39)22-9-5-4-8-21(22)40-20-11-10-18(14-19(20)28(29,30)31)24-32-23(41-34-24)15-35-25(36)27(33-26(35)37)12-6-3-7-13-27;1-17(2)16-40-22-9-5-4-8-21(22)38-20-11-10-18(14-19(20)28(29,30)31)24-32-23(39-34-24)15-35-25(36)27(33-26(35)37)12-6-3-7-13-27;1-12(2)11-29-17-6-4-3-5-16(17)27-15-8-7-13(9-14(15)20(22,23)24)19-25-18(10-21)28-26-19/h4-5,8-11,14,17H,3,6-7,12-13,15-16H2,1-2H3,(H,33,37);4-5,8-11,14,17H,3,6-7,12-13,15-16H2,1-2H3,(H,33,37);3-9,12H,10-11H2,1-2H3. The number of aromatic nitrogens is 6. The number of thioether (sulfide) groups is 2. The van der Waals surface area contributed by atoms with Crippen LogP contribution in [0.25, 0.3) is 34.2 Å². The summed E-state index contributed by atoms with van der Waals surface area (Å²) in [5, 5.41) is 16.8. The number of halogens is 10. The highest BCUT2D eigenvalue weighted by Crippen LogP contribution is 2.47. The smallest absolute Gasteiger partial charge is 0.420 e. The average Bonchev–Trinajstić information content (AvgIpc) is 1.65. The van der Waals surface area contributed by atoms with E-state index in [0.29, 0.717) is 49.0 Å². The molecule has 6 aromatic carbocycles. The molecule has 3 aromatic heterocycles. The fraction of sp³-hybridized carbons (Fsp3) is 0.395. The first kappa shape index (κ1) is 82.3. The van der Waals surface area contributed by atoms with Crippen LogP contribution in [-0.2, 0) is 56.9 Å². The lowest BCUT2D eigenvalue weighted by atomic mass is 9.82. The van der Waals surface area contributed by atoms with Crippen molar-refractivity contribution in [1.29, 1.82) is 0 Å². The summed E-state index contributed by atoms with van der Waals surface area (Å²) in [7, 11) is -3.83. The van der Waals surface area contributed by atoms with E-state index in [1.54, 1.807) is 49.9 Å². The lowest BCUT2D eigenvalue weighted by molar-refractivity contribution is -0.139. The Balaban J connectivity index is 0.000000168. The Hall–Kier alpha value is -9.67. The van der Waals surface area contributed by atoms with Crippen LogP contribution in [0.5, 0.6) is 34.5 Å². The third-order valence-corrected chi connectivity index (χ3v) is 23.2. The van der Waals surface area contributed by atoms with Gasteiger partial charge >= 0.3 is 30.6 Å². The van der Waals surface area contributed by atoms with Gasteiger partial charge in [-0.3, -0.25) is 19.4 Å². The molecule has 5 heterocycles. The van der Waals surface area contributed by atoms with Gasteiger partial charge < -0.3 is 38.4 Å². The quantitative estimate of drug-likeness (QED) is 0.0260. The molecule has 2 saturated heterocycles. The Morgan fingerprint density at radius 1 is 0.468 bits per heavy atom. The molecule has 0 radical (unpaired) electrons. The van der Waals surface area contributed by atoms with E-state index in [0.717, 1.165) is 93.9 Å². The minimum absolute atomic E-state index is 0.0227. The summed E-state index contributed by atoms with van der Waals surface area (Å²) in [6.07, 6.45) is -6.72. The van der Waals surface area contributed by atoms with Gasteiger partial charge in [0.05, 0.1) is 32.2 Å². The van der Waals surface area contributed by atoms with E-state index < -0.39 is 73.9 Å². The van der Waals surface area contributed by atoms with Crippen LogP contribution in [0, 0.1) is 17.8 Å². The van der Waals surface area contributed by atoms with Crippen molar-refractivity contribution < 1.29 is 94.9 Å². The number of alkyl halides is 10. The van der Waals surface area contributed by atoms with Crippen molar-refractivity contribution in [1.82, 2.24) is 50.9 Å². The summed E-state index contributed by atoms with van der Waals surface area (Å²) in [4.78, 5) is 66.7. The molecule has 2 aliphatic carbocycles. The minimum Gasteiger partial charge on any atom is -0.456 e. The maximum absolute atomic E-state index is 14.1. The van der Waals surface area contributed by atoms with Crippen molar-refractivity contribution in [3.63, 3.8) is 0 Å². The zero-order valence-electron chi connectivity index (χ0n) is 60.7. The molecule has 9 aromatic rings. The number of carbonyl (C=O) groups excluding carboxylic acids is 4. The predicted molar refractivity (Wildman–Crippen MR) is 391 cm³/mol. The highest BCUT2D eigenvalue weighted by molar-refractivity contribution is 7.99. The Morgan fingerprint density at radius 3 is 1.16 bits per heavy atom. The molecule has 2 saturated carbocycles. The molecule has 4 aliphatic rings. The van der Waals surface area contributed by atoms with E-state index in [1.807, 2.05) is 24.3 Å². The van der Waals surface area contributed by atoms with Crippen LogP contribution in [0.4, 0.5) is 49.1 Å². The Morgan fingerprint density at radius 2 is 0.811 bits per heavy atom. The second-order valence-corrected chi connectivity index (χ2v) is 32.3. The number of urea groups is 2. The minimum atomic E-state index is -4.88. The maximum atomic E-state index is 14.1. The molecule has 0 unspecified atom stereocenters. The van der Waals surface area contributed by atoms with Gasteiger partial charge in [0.1, 0.15) is 69.4 Å².